The van der Waals surface area contributed by atoms with Crippen LogP contribution in [0.1, 0.15) is 48.8 Å². The fourth-order valence-corrected chi connectivity index (χ4v) is 5.66. The van der Waals surface area contributed by atoms with Crippen molar-refractivity contribution in [3.05, 3.63) is 58.1 Å². The van der Waals surface area contributed by atoms with E-state index in [1.165, 1.54) is 11.0 Å². The average molecular weight is 582 g/mol. The largest absolute Gasteiger partial charge is 0.480 e. The van der Waals surface area contributed by atoms with Crippen molar-refractivity contribution in [3.63, 3.8) is 0 Å². The topological polar surface area (TPSA) is 128 Å². The van der Waals surface area contributed by atoms with Gasteiger partial charge in [0.15, 0.2) is 0 Å². The number of hydrogen-bond donors (Lipinski definition) is 4. The zero-order valence-electron chi connectivity index (χ0n) is 21.8. The minimum absolute atomic E-state index is 0.00797. The lowest BCUT2D eigenvalue weighted by atomic mass is 9.87. The van der Waals surface area contributed by atoms with Gasteiger partial charge in [0, 0.05) is 37.3 Å². The number of benzene rings is 2. The maximum Gasteiger partial charge on any atom is 0.418 e. The lowest BCUT2D eigenvalue weighted by Gasteiger charge is -2.38. The van der Waals surface area contributed by atoms with E-state index in [1.807, 2.05) is 24.3 Å². The molecule has 2 heterocycles. The number of carbonyl (C=O) groups excluding carboxylic acids is 2. The molecule has 2 aliphatic heterocycles. The number of hydrogen-bond acceptors (Lipinski definition) is 4. The zero-order valence-corrected chi connectivity index (χ0v) is 22.6. The van der Waals surface area contributed by atoms with Gasteiger partial charge in [0.2, 0.25) is 0 Å². The first-order valence-corrected chi connectivity index (χ1v) is 13.4. The van der Waals surface area contributed by atoms with E-state index in [0.29, 0.717) is 25.8 Å². The van der Waals surface area contributed by atoms with E-state index in [0.717, 1.165) is 17.3 Å². The summed E-state index contributed by atoms with van der Waals surface area (Å²) < 4.78 is 40.5. The summed E-state index contributed by atoms with van der Waals surface area (Å²) in [6.07, 6.45) is -2.99. The molecule has 0 saturated carbocycles. The fraction of sp³-hybridized carbons (Fsp3) is 0.444. The monoisotopic (exact) mass is 581 g/mol. The molecule has 4 amide bonds. The van der Waals surface area contributed by atoms with Gasteiger partial charge in [-0.1, -0.05) is 36.7 Å². The Balaban J connectivity index is 1.43. The van der Waals surface area contributed by atoms with Crippen molar-refractivity contribution in [2.75, 3.05) is 30.7 Å². The van der Waals surface area contributed by atoms with Crippen molar-refractivity contribution in [3.8, 4) is 0 Å². The second kappa shape index (κ2) is 11.8. The molecule has 0 spiro atoms. The van der Waals surface area contributed by atoms with Crippen LogP contribution in [-0.2, 0) is 17.4 Å². The van der Waals surface area contributed by atoms with Gasteiger partial charge in [0.25, 0.3) is 0 Å². The summed E-state index contributed by atoms with van der Waals surface area (Å²) in [5, 5.41) is 15.0. The highest BCUT2D eigenvalue weighted by molar-refractivity contribution is 6.33. The normalized spacial score (nSPS) is 17.9. The van der Waals surface area contributed by atoms with Crippen LogP contribution in [0.3, 0.4) is 0 Å². The number of alkyl halides is 3. The van der Waals surface area contributed by atoms with Crippen molar-refractivity contribution >= 4 is 41.0 Å². The number of piperidine rings is 1. The molecule has 2 unspecified atom stereocenters. The number of likely N-dealkylation sites (tertiary alicyclic amines) is 1. The number of carbonyl (C=O) groups is 3. The van der Waals surface area contributed by atoms with Crippen molar-refractivity contribution < 1.29 is 32.7 Å². The maximum atomic E-state index is 13.5. The predicted octanol–water partition coefficient (Wildman–Crippen LogP) is 5.15. The van der Waals surface area contributed by atoms with Crippen molar-refractivity contribution in [1.29, 1.82) is 0 Å². The number of fused-ring (bicyclic) bond motifs is 1. The molecule has 40 heavy (non-hydrogen) atoms. The first kappa shape index (κ1) is 29.3. The summed E-state index contributed by atoms with van der Waals surface area (Å²) >= 11 is 5.96. The summed E-state index contributed by atoms with van der Waals surface area (Å²) in [6.45, 7) is 2.70. The highest BCUT2D eigenvalue weighted by Crippen LogP contribution is 2.40. The van der Waals surface area contributed by atoms with Gasteiger partial charge in [-0.2, -0.15) is 13.2 Å². The van der Waals surface area contributed by atoms with Gasteiger partial charge in [-0.25, -0.2) is 14.4 Å². The molecule has 2 aromatic carbocycles. The summed E-state index contributed by atoms with van der Waals surface area (Å²) in [7, 11) is 0. The Hall–Kier alpha value is -3.67. The van der Waals surface area contributed by atoms with Crippen LogP contribution in [0.2, 0.25) is 5.02 Å². The fourth-order valence-electron chi connectivity index (χ4n) is 5.43. The summed E-state index contributed by atoms with van der Waals surface area (Å²) in [4.78, 5) is 41.4. The Kier molecular flexibility index (Phi) is 8.67. The molecule has 4 rings (SSSR count). The predicted molar refractivity (Wildman–Crippen MR) is 144 cm³/mol. The first-order valence-electron chi connectivity index (χ1n) is 13.0. The number of amides is 4. The van der Waals surface area contributed by atoms with E-state index in [4.69, 9.17) is 17.3 Å². The number of rotatable bonds is 6. The van der Waals surface area contributed by atoms with E-state index < -0.39 is 41.4 Å². The number of aliphatic carboxylic acids is 1. The highest BCUT2D eigenvalue weighted by Gasteiger charge is 2.38. The molecule has 0 bridgehead atoms. The number of halogens is 4. The van der Waals surface area contributed by atoms with Gasteiger partial charge >= 0.3 is 24.2 Å². The SMILES string of the molecule is CCC(c1cc(Cl)c(N)c(C(F)(F)F)c1)C(NC(=O)N1CCC(N2CCc3ccccc3NC2=O)CC1)C(=O)O. The maximum absolute atomic E-state index is 13.5. The van der Waals surface area contributed by atoms with Crippen LogP contribution in [0.5, 0.6) is 0 Å². The summed E-state index contributed by atoms with van der Waals surface area (Å²) in [5.41, 5.74) is 5.55. The molecule has 1 fully saturated rings. The quantitative estimate of drug-likeness (QED) is 0.351. The van der Waals surface area contributed by atoms with Gasteiger partial charge < -0.3 is 31.3 Å². The number of nitrogens with one attached hydrogen (secondary N) is 2. The van der Waals surface area contributed by atoms with Crippen LogP contribution in [0.25, 0.3) is 0 Å². The Labute approximate surface area is 234 Å². The Morgan fingerprint density at radius 1 is 1.20 bits per heavy atom. The number of carboxylic acid groups (broad SMARTS) is 1. The highest BCUT2D eigenvalue weighted by atomic mass is 35.5. The van der Waals surface area contributed by atoms with Gasteiger partial charge in [0.1, 0.15) is 6.04 Å². The van der Waals surface area contributed by atoms with Gasteiger partial charge in [0.05, 0.1) is 16.3 Å². The molecule has 2 aromatic rings. The van der Waals surface area contributed by atoms with Crippen molar-refractivity contribution in [1.82, 2.24) is 15.1 Å². The first-order chi connectivity index (χ1) is 18.9. The molecule has 2 aliphatic rings. The smallest absolute Gasteiger partial charge is 0.418 e. The van der Waals surface area contributed by atoms with Gasteiger partial charge in [-0.3, -0.25) is 0 Å². The van der Waals surface area contributed by atoms with Crippen LogP contribution in [0, 0.1) is 0 Å². The summed E-state index contributed by atoms with van der Waals surface area (Å²) in [6, 6.07) is 7.13. The van der Waals surface area contributed by atoms with E-state index >= 15 is 0 Å². The molecule has 0 radical (unpaired) electrons. The van der Waals surface area contributed by atoms with E-state index in [-0.39, 0.29) is 42.2 Å². The third-order valence-electron chi connectivity index (χ3n) is 7.61. The Bertz CT molecular complexity index is 1280. The standard InChI is InChI=1S/C27H31ClF3N5O4/c1-2-18(16-13-19(27(29,30)31)22(32)20(28)14-16)23(24(37)38)34-25(39)35-10-8-17(9-11-35)36-12-7-15-5-3-4-6-21(15)33-26(36)40/h3-6,13-14,17-18,23H,2,7-12,32H2,1H3,(H,33,40)(H,34,39)(H,37,38). The molecule has 2 atom stereocenters. The molecule has 0 aromatic heterocycles. The van der Waals surface area contributed by atoms with E-state index in [9.17, 15) is 32.7 Å². The number of para-hydroxylation sites is 1. The third kappa shape index (κ3) is 6.22. The lowest BCUT2D eigenvalue weighted by molar-refractivity contribution is -0.140. The number of carboxylic acids is 1. The molecule has 13 heteroatoms. The number of nitrogens with zero attached hydrogens (tertiary/aromatic N) is 2. The van der Waals surface area contributed by atoms with Crippen LogP contribution < -0.4 is 16.4 Å². The van der Waals surface area contributed by atoms with Gasteiger partial charge in [-0.05, 0) is 55.0 Å². The van der Waals surface area contributed by atoms with Crippen molar-refractivity contribution in [2.45, 2.75) is 56.8 Å². The minimum atomic E-state index is -4.79. The number of urea groups is 2. The molecular weight excluding hydrogens is 551 g/mol. The van der Waals surface area contributed by atoms with E-state index in [1.54, 1.807) is 11.8 Å². The van der Waals surface area contributed by atoms with Crippen LogP contribution >= 0.6 is 11.6 Å². The second-order valence-corrected chi connectivity index (χ2v) is 10.4. The number of nitrogen functional groups attached to an aromatic ring is 1. The number of nitrogens with two attached hydrogens (primary N) is 1. The Morgan fingerprint density at radius 3 is 2.50 bits per heavy atom. The average Bonchev–Trinajstić information content (AvgIpc) is 3.07. The molecular formula is C27H31ClF3N5O4. The van der Waals surface area contributed by atoms with Crippen LogP contribution in [-0.4, -0.2) is 64.7 Å². The van der Waals surface area contributed by atoms with E-state index in [2.05, 4.69) is 10.6 Å². The third-order valence-corrected chi connectivity index (χ3v) is 7.92. The second-order valence-electron chi connectivity index (χ2n) is 9.99. The van der Waals surface area contributed by atoms with Crippen LogP contribution in [0.4, 0.5) is 34.1 Å². The Morgan fingerprint density at radius 2 is 1.88 bits per heavy atom. The molecule has 0 aliphatic carbocycles. The lowest BCUT2D eigenvalue weighted by Crippen LogP contribution is -2.55. The summed E-state index contributed by atoms with van der Waals surface area (Å²) in [5.74, 6) is -2.39. The molecule has 5 N–H and O–H groups in total. The molecule has 216 valence electrons. The minimum Gasteiger partial charge on any atom is -0.480 e. The molecule has 1 saturated heterocycles. The number of anilines is 2. The van der Waals surface area contributed by atoms with Crippen LogP contribution in [0.15, 0.2) is 36.4 Å². The zero-order chi connectivity index (χ0) is 29.2. The molecule has 9 nitrogen and oxygen atoms in total. The van der Waals surface area contributed by atoms with Gasteiger partial charge in [-0.15, -0.1) is 0 Å². The van der Waals surface area contributed by atoms with Crippen molar-refractivity contribution in [2.24, 2.45) is 0 Å².